The summed E-state index contributed by atoms with van der Waals surface area (Å²) in [5, 5.41) is 6.55. The van der Waals surface area contributed by atoms with E-state index in [1.807, 2.05) is 66.7 Å². The molecule has 0 fully saturated rings. The Labute approximate surface area is 157 Å². The molecule has 0 amide bonds. The van der Waals surface area contributed by atoms with Crippen molar-refractivity contribution in [1.82, 2.24) is 14.2 Å². The van der Waals surface area contributed by atoms with Crippen molar-refractivity contribution in [2.45, 2.75) is 6.54 Å². The van der Waals surface area contributed by atoms with Gasteiger partial charge >= 0.3 is 5.69 Å². The highest BCUT2D eigenvalue weighted by atomic mass is 79.9. The van der Waals surface area contributed by atoms with E-state index in [9.17, 15) is 4.79 Å². The van der Waals surface area contributed by atoms with Gasteiger partial charge < -0.3 is 0 Å². The van der Waals surface area contributed by atoms with Crippen LogP contribution in [0.2, 0.25) is 0 Å². The van der Waals surface area contributed by atoms with E-state index in [0.717, 1.165) is 37.4 Å². The van der Waals surface area contributed by atoms with Gasteiger partial charge in [0.1, 0.15) is 0 Å². The molecule has 0 N–H and O–H groups in total. The highest BCUT2D eigenvalue weighted by molar-refractivity contribution is 9.10. The summed E-state index contributed by atoms with van der Waals surface area (Å²) in [6.45, 7) is 0.504. The minimum Gasteiger partial charge on any atom is -0.287 e. The Kier molecular flexibility index (Phi) is 3.43. The third-order valence-electron chi connectivity index (χ3n) is 4.68. The molecule has 0 saturated carbocycles. The van der Waals surface area contributed by atoms with E-state index < -0.39 is 0 Å². The van der Waals surface area contributed by atoms with Crippen LogP contribution in [0.25, 0.3) is 27.3 Å². The van der Waals surface area contributed by atoms with Crippen molar-refractivity contribution in [1.29, 1.82) is 0 Å². The molecule has 0 bridgehead atoms. The molecule has 126 valence electrons. The summed E-state index contributed by atoms with van der Waals surface area (Å²) < 4.78 is 4.29. The maximum Gasteiger partial charge on any atom is 0.350 e. The highest BCUT2D eigenvalue weighted by Crippen LogP contribution is 2.28. The van der Waals surface area contributed by atoms with Crippen molar-refractivity contribution in [2.75, 3.05) is 0 Å². The van der Waals surface area contributed by atoms with E-state index in [-0.39, 0.29) is 5.69 Å². The lowest BCUT2D eigenvalue weighted by molar-refractivity contribution is 0.719. The van der Waals surface area contributed by atoms with Crippen LogP contribution in [0.4, 0.5) is 0 Å². The topological polar surface area (TPSA) is 39.3 Å². The molecule has 0 atom stereocenters. The Hall–Kier alpha value is -2.92. The van der Waals surface area contributed by atoms with Crippen LogP contribution in [0.5, 0.6) is 0 Å². The zero-order chi connectivity index (χ0) is 17.7. The molecule has 5 aromatic rings. The van der Waals surface area contributed by atoms with Crippen LogP contribution >= 0.6 is 15.9 Å². The molecule has 0 unspecified atom stereocenters. The molecule has 3 aromatic carbocycles. The molecule has 0 aliphatic heterocycles. The minimum atomic E-state index is -0.130. The van der Waals surface area contributed by atoms with Crippen LogP contribution in [0.1, 0.15) is 5.56 Å². The van der Waals surface area contributed by atoms with Gasteiger partial charge in [-0.1, -0.05) is 64.5 Å². The summed E-state index contributed by atoms with van der Waals surface area (Å²) in [6, 6.07) is 23.9. The molecular weight excluding hydrogens is 390 g/mol. The van der Waals surface area contributed by atoms with Crippen molar-refractivity contribution in [3.05, 3.63) is 93.3 Å². The Balaban J connectivity index is 1.94. The molecule has 0 spiro atoms. The number of rotatable bonds is 2. The van der Waals surface area contributed by atoms with Gasteiger partial charge in [0.2, 0.25) is 0 Å². The average Bonchev–Trinajstić information content (AvgIpc) is 3.06. The summed E-state index contributed by atoms with van der Waals surface area (Å²) in [5.74, 6) is 0. The van der Waals surface area contributed by atoms with Crippen LogP contribution in [0, 0.1) is 0 Å². The van der Waals surface area contributed by atoms with Crippen molar-refractivity contribution in [2.24, 2.45) is 0 Å². The monoisotopic (exact) mass is 403 g/mol. The van der Waals surface area contributed by atoms with E-state index in [1.165, 1.54) is 4.52 Å². The first-order valence-corrected chi connectivity index (χ1v) is 9.15. The van der Waals surface area contributed by atoms with Crippen molar-refractivity contribution < 1.29 is 0 Å². The molecule has 0 aliphatic carbocycles. The number of hydrogen-bond acceptors (Lipinski definition) is 2. The molecule has 2 aromatic heterocycles. The first-order chi connectivity index (χ1) is 12.7. The zero-order valence-electron chi connectivity index (χ0n) is 13.8. The van der Waals surface area contributed by atoms with E-state index in [0.29, 0.717) is 6.54 Å². The first kappa shape index (κ1) is 15.3. The number of fused-ring (bicyclic) bond motifs is 5. The maximum absolute atomic E-state index is 13.3. The molecule has 2 heterocycles. The van der Waals surface area contributed by atoms with Crippen LogP contribution in [0.3, 0.4) is 0 Å². The summed E-state index contributed by atoms with van der Waals surface area (Å²) >= 11 is 3.56. The second-order valence-electron chi connectivity index (χ2n) is 6.29. The highest BCUT2D eigenvalue weighted by Gasteiger charge is 2.15. The fourth-order valence-electron chi connectivity index (χ4n) is 3.50. The van der Waals surface area contributed by atoms with E-state index in [2.05, 4.69) is 27.1 Å². The summed E-state index contributed by atoms with van der Waals surface area (Å²) in [5.41, 5.74) is 3.53. The molecular formula is C21H14BrN3O. The van der Waals surface area contributed by atoms with Crippen LogP contribution in [0.15, 0.2) is 82.1 Å². The van der Waals surface area contributed by atoms with Gasteiger partial charge in [0.05, 0.1) is 23.1 Å². The zero-order valence-corrected chi connectivity index (χ0v) is 15.3. The number of halogens is 1. The predicted octanol–water partition coefficient (Wildman–Crippen LogP) is 4.61. The van der Waals surface area contributed by atoms with E-state index >= 15 is 0 Å². The third kappa shape index (κ3) is 2.28. The van der Waals surface area contributed by atoms with Gasteiger partial charge in [-0.15, -0.1) is 0 Å². The van der Waals surface area contributed by atoms with Gasteiger partial charge in [0, 0.05) is 15.2 Å². The molecule has 5 heteroatoms. The van der Waals surface area contributed by atoms with Crippen LogP contribution in [-0.4, -0.2) is 14.2 Å². The van der Waals surface area contributed by atoms with Gasteiger partial charge in [0.15, 0.2) is 0 Å². The summed E-state index contributed by atoms with van der Waals surface area (Å²) in [7, 11) is 0. The molecule has 0 saturated heterocycles. The summed E-state index contributed by atoms with van der Waals surface area (Å²) in [6.07, 6.45) is 0. The van der Waals surface area contributed by atoms with Gasteiger partial charge in [-0.3, -0.25) is 4.57 Å². The quantitative estimate of drug-likeness (QED) is 0.431. The Bertz CT molecular complexity index is 1340. The minimum absolute atomic E-state index is 0.130. The Morgan fingerprint density at radius 3 is 2.50 bits per heavy atom. The predicted molar refractivity (Wildman–Crippen MR) is 108 cm³/mol. The largest absolute Gasteiger partial charge is 0.350 e. The number of benzene rings is 3. The molecule has 5 rings (SSSR count). The number of hydrogen-bond donors (Lipinski definition) is 0. The molecule has 0 radical (unpaired) electrons. The maximum atomic E-state index is 13.3. The Morgan fingerprint density at radius 2 is 1.65 bits per heavy atom. The second kappa shape index (κ2) is 5.81. The van der Waals surface area contributed by atoms with Crippen LogP contribution < -0.4 is 5.69 Å². The number of nitrogens with zero attached hydrogens (tertiary/aromatic N) is 3. The molecule has 4 nitrogen and oxygen atoms in total. The van der Waals surface area contributed by atoms with Gasteiger partial charge in [0.25, 0.3) is 0 Å². The molecule has 0 aliphatic rings. The van der Waals surface area contributed by atoms with Gasteiger partial charge in [-0.25, -0.2) is 4.79 Å². The third-order valence-corrected chi connectivity index (χ3v) is 5.17. The van der Waals surface area contributed by atoms with E-state index in [4.69, 9.17) is 0 Å². The molecule has 26 heavy (non-hydrogen) atoms. The van der Waals surface area contributed by atoms with Crippen molar-refractivity contribution in [3.63, 3.8) is 0 Å². The van der Waals surface area contributed by atoms with Crippen LogP contribution in [-0.2, 0) is 6.54 Å². The van der Waals surface area contributed by atoms with Gasteiger partial charge in [-0.2, -0.15) is 9.61 Å². The first-order valence-electron chi connectivity index (χ1n) is 8.36. The smallest absolute Gasteiger partial charge is 0.287 e. The standard InChI is InChI=1S/C21H14BrN3O/c22-15-10-11-19-17(12-15)20-16-8-4-5-9-18(16)23-25(20)21(26)24(19)13-14-6-2-1-3-7-14/h1-12H,13H2. The van der Waals surface area contributed by atoms with Crippen molar-refractivity contribution in [3.8, 4) is 0 Å². The lowest BCUT2D eigenvalue weighted by atomic mass is 10.1. The number of aromatic nitrogens is 3. The SMILES string of the molecule is O=c1n(Cc2ccccc2)c2ccc(Br)cc2c2c3ccccc3nn12. The van der Waals surface area contributed by atoms with E-state index in [1.54, 1.807) is 4.57 Å². The Morgan fingerprint density at radius 1 is 0.885 bits per heavy atom. The second-order valence-corrected chi connectivity index (χ2v) is 7.21. The van der Waals surface area contributed by atoms with Gasteiger partial charge in [-0.05, 0) is 29.8 Å². The average molecular weight is 404 g/mol. The normalized spacial score (nSPS) is 11.6. The summed E-state index contributed by atoms with van der Waals surface area (Å²) in [4.78, 5) is 13.3. The lowest BCUT2D eigenvalue weighted by Crippen LogP contribution is -2.28. The fraction of sp³-hybridized carbons (Fsp3) is 0.0476. The fourth-order valence-corrected chi connectivity index (χ4v) is 3.86. The lowest BCUT2D eigenvalue weighted by Gasteiger charge is -2.12. The van der Waals surface area contributed by atoms with Crippen molar-refractivity contribution >= 4 is 43.3 Å².